The highest BCUT2D eigenvalue weighted by molar-refractivity contribution is 7.92. The van der Waals surface area contributed by atoms with E-state index in [-0.39, 0.29) is 16.4 Å². The van der Waals surface area contributed by atoms with E-state index in [1.54, 1.807) is 18.9 Å². The number of hydrogen-bond donors (Lipinski definition) is 0. The highest BCUT2D eigenvalue weighted by Gasteiger charge is 2.38. The second-order valence-electron chi connectivity index (χ2n) is 7.00. The third-order valence-electron chi connectivity index (χ3n) is 4.77. The normalized spacial score (nSPS) is 19.0. The molecule has 0 saturated heterocycles. The lowest BCUT2D eigenvalue weighted by Crippen LogP contribution is -2.34. The highest BCUT2D eigenvalue weighted by Crippen LogP contribution is 2.43. The quantitative estimate of drug-likeness (QED) is 0.560. The van der Waals surface area contributed by atoms with Crippen molar-refractivity contribution in [3.05, 3.63) is 59.0 Å². The van der Waals surface area contributed by atoms with Gasteiger partial charge in [-0.3, -0.25) is 4.98 Å². The van der Waals surface area contributed by atoms with E-state index in [0.29, 0.717) is 11.6 Å². The van der Waals surface area contributed by atoms with E-state index in [9.17, 15) is 17.4 Å². The summed E-state index contributed by atoms with van der Waals surface area (Å²) >= 11 is 5.99. The summed E-state index contributed by atoms with van der Waals surface area (Å²) in [6.45, 7) is 1.75. The van der Waals surface area contributed by atoms with Gasteiger partial charge in [0.2, 0.25) is 0 Å². The van der Waals surface area contributed by atoms with E-state index in [0.717, 1.165) is 6.07 Å². The van der Waals surface area contributed by atoms with Gasteiger partial charge in [-0.1, -0.05) is 11.6 Å². The average Bonchev–Trinajstić information content (AvgIpc) is 3.21. The predicted molar refractivity (Wildman–Crippen MR) is 112 cm³/mol. The highest BCUT2D eigenvalue weighted by atomic mass is 35.5. The van der Waals surface area contributed by atoms with Crippen LogP contribution in [0, 0.1) is 0 Å². The minimum atomic E-state index is -4.74. The average molecular weight is 485 g/mol. The summed E-state index contributed by atoms with van der Waals surface area (Å²) in [5, 5.41) is 4.01. The lowest BCUT2D eigenvalue weighted by atomic mass is 10.0. The van der Waals surface area contributed by atoms with Gasteiger partial charge in [0, 0.05) is 36.3 Å². The molecule has 1 aliphatic heterocycles. The van der Waals surface area contributed by atoms with Crippen molar-refractivity contribution in [2.24, 2.45) is 8.76 Å². The summed E-state index contributed by atoms with van der Waals surface area (Å²) < 4.78 is 63.2. The zero-order valence-electron chi connectivity index (χ0n) is 16.9. The molecule has 0 spiro atoms. The summed E-state index contributed by atoms with van der Waals surface area (Å²) in [6, 6.07) is 1.52. The molecule has 0 saturated carbocycles. The Morgan fingerprint density at radius 1 is 1.22 bits per heavy atom. The number of alkyl halides is 3. The summed E-state index contributed by atoms with van der Waals surface area (Å²) in [5.74, 6) is 0.861. The number of nitrogens with zero attached hydrogens (tertiary/aromatic N) is 8. The maximum Gasteiger partial charge on any atom is 0.418 e. The smallest absolute Gasteiger partial charge is 0.349 e. The number of amidine groups is 1. The number of rotatable bonds is 3. The Balaban J connectivity index is 1.83. The standard InChI is InChI=1S/C18H16ClF3N8OS/c1-10(16-25-9-26-30(16)14-8-23-4-5-24-14)29(2)17-12-6-11(19)7-13(18(20,21)22)15(12)27-32(3,31)28-17/h4-10H,1-3H3. The Hall–Kier alpha value is -3.06. The molecule has 4 rings (SSSR count). The van der Waals surface area contributed by atoms with Gasteiger partial charge in [0.1, 0.15) is 12.2 Å². The van der Waals surface area contributed by atoms with E-state index in [1.807, 2.05) is 0 Å². The first kappa shape index (κ1) is 22.1. The van der Waals surface area contributed by atoms with Gasteiger partial charge in [0.05, 0.1) is 23.5 Å². The number of halogens is 4. The van der Waals surface area contributed by atoms with Crippen molar-refractivity contribution in [3.63, 3.8) is 0 Å². The van der Waals surface area contributed by atoms with Gasteiger partial charge in [-0.25, -0.2) is 14.2 Å². The molecule has 32 heavy (non-hydrogen) atoms. The largest absolute Gasteiger partial charge is 0.418 e. The second kappa shape index (κ2) is 7.81. The van der Waals surface area contributed by atoms with Gasteiger partial charge in [0.25, 0.3) is 0 Å². The first-order valence-corrected chi connectivity index (χ1v) is 11.4. The Labute approximate surface area is 186 Å². The fourth-order valence-corrected chi connectivity index (χ4v) is 4.55. The van der Waals surface area contributed by atoms with Crippen LogP contribution in [0.5, 0.6) is 0 Å². The Morgan fingerprint density at radius 3 is 2.62 bits per heavy atom. The SMILES string of the molecule is CC(c1ncnn1-c1cnccn1)N(C)C1=NS(C)(=O)=Nc2c1cc(Cl)cc2C(F)(F)F. The van der Waals surface area contributed by atoms with Crippen LogP contribution < -0.4 is 0 Å². The van der Waals surface area contributed by atoms with Gasteiger partial charge in [-0.15, -0.1) is 0 Å². The minimum Gasteiger partial charge on any atom is -0.349 e. The molecule has 0 aliphatic carbocycles. The van der Waals surface area contributed by atoms with E-state index in [2.05, 4.69) is 28.8 Å². The van der Waals surface area contributed by atoms with E-state index in [1.165, 1.54) is 41.9 Å². The van der Waals surface area contributed by atoms with Crippen LogP contribution in [0.3, 0.4) is 0 Å². The number of benzene rings is 1. The van der Waals surface area contributed by atoms with Crippen molar-refractivity contribution >= 4 is 33.0 Å². The van der Waals surface area contributed by atoms with Crippen molar-refractivity contribution < 1.29 is 17.4 Å². The molecule has 168 valence electrons. The van der Waals surface area contributed by atoms with Gasteiger partial charge >= 0.3 is 6.18 Å². The van der Waals surface area contributed by atoms with Gasteiger partial charge in [-0.2, -0.15) is 31.7 Å². The first-order chi connectivity index (χ1) is 15.0. The van der Waals surface area contributed by atoms with Gasteiger partial charge in [-0.05, 0) is 19.1 Å². The lowest BCUT2D eigenvalue weighted by Gasteiger charge is -2.30. The summed E-state index contributed by atoms with van der Waals surface area (Å²) in [6.07, 6.45) is 2.24. The third kappa shape index (κ3) is 4.05. The van der Waals surface area contributed by atoms with Gasteiger partial charge in [0.15, 0.2) is 21.6 Å². The van der Waals surface area contributed by atoms with Crippen LogP contribution in [-0.2, 0) is 16.1 Å². The molecule has 0 N–H and O–H groups in total. The number of fused-ring (bicyclic) bond motifs is 1. The van der Waals surface area contributed by atoms with Crippen molar-refractivity contribution in [1.29, 1.82) is 0 Å². The molecule has 1 aromatic carbocycles. The monoisotopic (exact) mass is 484 g/mol. The van der Waals surface area contributed by atoms with Gasteiger partial charge < -0.3 is 4.90 Å². The molecule has 3 heterocycles. The minimum absolute atomic E-state index is 0.0190. The summed E-state index contributed by atoms with van der Waals surface area (Å²) in [5.41, 5.74) is -1.52. The molecule has 1 aliphatic rings. The molecule has 0 amide bonds. The maximum absolute atomic E-state index is 13.7. The number of aromatic nitrogens is 5. The summed E-state index contributed by atoms with van der Waals surface area (Å²) in [7, 11) is -1.74. The van der Waals surface area contributed by atoms with Crippen LogP contribution in [0.4, 0.5) is 18.9 Å². The van der Waals surface area contributed by atoms with Crippen molar-refractivity contribution in [2.45, 2.75) is 19.1 Å². The fraction of sp³-hybridized carbons (Fsp3) is 0.278. The van der Waals surface area contributed by atoms with Crippen molar-refractivity contribution in [1.82, 2.24) is 29.6 Å². The number of hydrogen-bond acceptors (Lipinski definition) is 7. The van der Waals surface area contributed by atoms with Crippen LogP contribution in [-0.4, -0.2) is 53.0 Å². The Morgan fingerprint density at radius 2 is 1.97 bits per heavy atom. The Kier molecular flexibility index (Phi) is 5.41. The molecule has 9 nitrogen and oxygen atoms in total. The molecule has 0 bridgehead atoms. The molecular weight excluding hydrogens is 469 g/mol. The van der Waals surface area contributed by atoms with Crippen LogP contribution in [0.15, 0.2) is 45.8 Å². The molecule has 2 atom stereocenters. The molecular formula is C18H16ClF3N8OS. The molecule has 2 unspecified atom stereocenters. The summed E-state index contributed by atoms with van der Waals surface area (Å²) in [4.78, 5) is 14.0. The topological polar surface area (TPSA) is 102 Å². The molecule has 14 heteroatoms. The lowest BCUT2D eigenvalue weighted by molar-refractivity contribution is -0.137. The van der Waals surface area contributed by atoms with E-state index in [4.69, 9.17) is 11.6 Å². The fourth-order valence-electron chi connectivity index (χ4n) is 3.21. The molecule has 0 fully saturated rings. The zero-order valence-corrected chi connectivity index (χ0v) is 18.5. The van der Waals surface area contributed by atoms with Crippen LogP contribution in [0.25, 0.3) is 5.82 Å². The first-order valence-electron chi connectivity index (χ1n) is 9.10. The van der Waals surface area contributed by atoms with E-state index >= 15 is 0 Å². The second-order valence-corrected chi connectivity index (χ2v) is 9.32. The predicted octanol–water partition coefficient (Wildman–Crippen LogP) is 3.83. The van der Waals surface area contributed by atoms with Crippen molar-refractivity contribution in [3.8, 4) is 5.82 Å². The van der Waals surface area contributed by atoms with E-state index < -0.39 is 33.4 Å². The van der Waals surface area contributed by atoms with Crippen LogP contribution in [0.1, 0.15) is 29.9 Å². The van der Waals surface area contributed by atoms with Crippen LogP contribution >= 0.6 is 11.6 Å². The zero-order chi connectivity index (χ0) is 23.3. The molecule has 0 radical (unpaired) electrons. The molecule has 2 aromatic heterocycles. The Bertz CT molecular complexity index is 1330. The van der Waals surface area contributed by atoms with Crippen LogP contribution in [0.2, 0.25) is 5.02 Å². The third-order valence-corrected chi connectivity index (χ3v) is 6.02. The molecule has 3 aromatic rings. The van der Waals surface area contributed by atoms with Crippen molar-refractivity contribution in [2.75, 3.05) is 13.3 Å². The maximum atomic E-state index is 13.7.